The van der Waals surface area contributed by atoms with Crippen molar-refractivity contribution in [1.82, 2.24) is 9.62 Å². The summed E-state index contributed by atoms with van der Waals surface area (Å²) in [5.41, 5.74) is 5.31. The molecular formula is C24H32N2O3S. The molecular weight excluding hydrogens is 396 g/mol. The molecule has 162 valence electrons. The molecule has 3 rings (SSSR count). The van der Waals surface area contributed by atoms with Crippen molar-refractivity contribution in [1.29, 1.82) is 0 Å². The summed E-state index contributed by atoms with van der Waals surface area (Å²) in [5.74, 6) is -0.128. The third-order valence-electron chi connectivity index (χ3n) is 5.91. The minimum absolute atomic E-state index is 0.00914. The topological polar surface area (TPSA) is 66.5 Å². The molecule has 1 heterocycles. The standard InChI is InChI=1S/C24H32N2O3S/c1-17-6-5-7-21(14-17)16-30(28,29)26-12-10-22(11-13-26)24(27)25-20(4)23-15-18(2)8-9-19(23)3/h5-9,14-15,20,22H,10-13,16H2,1-4H3,(H,25,27). The van der Waals surface area contributed by atoms with Crippen LogP contribution in [0.15, 0.2) is 42.5 Å². The number of nitrogens with zero attached hydrogens (tertiary/aromatic N) is 1. The molecule has 6 heteroatoms. The maximum absolute atomic E-state index is 12.8. The fourth-order valence-corrected chi connectivity index (χ4v) is 5.69. The SMILES string of the molecule is Cc1cccc(CS(=O)(=O)N2CCC(C(=O)NC(C)c3cc(C)ccc3C)CC2)c1. The van der Waals surface area contributed by atoms with Gasteiger partial charge in [0, 0.05) is 19.0 Å². The van der Waals surface area contributed by atoms with Crippen molar-refractivity contribution in [2.24, 2.45) is 5.92 Å². The number of piperidine rings is 1. The van der Waals surface area contributed by atoms with Crippen molar-refractivity contribution in [3.8, 4) is 0 Å². The number of rotatable bonds is 6. The Morgan fingerprint density at radius 1 is 1.07 bits per heavy atom. The van der Waals surface area contributed by atoms with Gasteiger partial charge < -0.3 is 5.32 Å². The monoisotopic (exact) mass is 428 g/mol. The summed E-state index contributed by atoms with van der Waals surface area (Å²) < 4.78 is 27.1. The lowest BCUT2D eigenvalue weighted by molar-refractivity contribution is -0.126. The van der Waals surface area contributed by atoms with Gasteiger partial charge in [0.2, 0.25) is 15.9 Å². The summed E-state index contributed by atoms with van der Waals surface area (Å²) in [6, 6.07) is 13.8. The van der Waals surface area contributed by atoms with E-state index in [1.807, 2.05) is 45.0 Å². The minimum Gasteiger partial charge on any atom is -0.349 e. The largest absolute Gasteiger partial charge is 0.349 e. The number of aryl methyl sites for hydroxylation is 3. The fraction of sp³-hybridized carbons (Fsp3) is 0.458. The summed E-state index contributed by atoms with van der Waals surface area (Å²) in [6.07, 6.45) is 1.11. The Bertz CT molecular complexity index is 1010. The van der Waals surface area contributed by atoms with Gasteiger partial charge in [0.15, 0.2) is 0 Å². The second-order valence-corrected chi connectivity index (χ2v) is 10.5. The Morgan fingerprint density at radius 2 is 1.73 bits per heavy atom. The van der Waals surface area contributed by atoms with E-state index in [4.69, 9.17) is 0 Å². The predicted octanol–water partition coefficient (Wildman–Crippen LogP) is 4.03. The van der Waals surface area contributed by atoms with Crippen LogP contribution in [0.3, 0.4) is 0 Å². The molecule has 30 heavy (non-hydrogen) atoms. The molecule has 0 bridgehead atoms. The molecule has 1 atom stereocenters. The van der Waals surface area contributed by atoms with Crippen LogP contribution in [-0.4, -0.2) is 31.7 Å². The Hall–Kier alpha value is -2.18. The molecule has 5 nitrogen and oxygen atoms in total. The number of nitrogens with one attached hydrogen (secondary N) is 1. The molecule has 1 saturated heterocycles. The summed E-state index contributed by atoms with van der Waals surface area (Å²) in [5, 5.41) is 3.13. The van der Waals surface area contributed by atoms with Crippen LogP contribution in [0, 0.1) is 26.7 Å². The van der Waals surface area contributed by atoms with Gasteiger partial charge in [0.1, 0.15) is 0 Å². The van der Waals surface area contributed by atoms with Crippen LogP contribution in [0.2, 0.25) is 0 Å². The number of benzene rings is 2. The molecule has 0 aliphatic carbocycles. The number of sulfonamides is 1. The molecule has 1 fully saturated rings. The number of carbonyl (C=O) groups excluding carboxylic acids is 1. The molecule has 1 amide bonds. The zero-order chi connectivity index (χ0) is 21.9. The normalized spacial score (nSPS) is 16.9. The van der Waals surface area contributed by atoms with E-state index in [1.165, 1.54) is 9.87 Å². The first-order valence-corrected chi connectivity index (χ1v) is 12.2. The smallest absolute Gasteiger partial charge is 0.223 e. The van der Waals surface area contributed by atoms with Crippen molar-refractivity contribution in [2.45, 2.75) is 52.3 Å². The predicted molar refractivity (Wildman–Crippen MR) is 121 cm³/mol. The van der Waals surface area contributed by atoms with Gasteiger partial charge in [-0.05, 0) is 57.2 Å². The Labute approximate surface area is 180 Å². The van der Waals surface area contributed by atoms with Crippen LogP contribution >= 0.6 is 0 Å². The molecule has 1 N–H and O–H groups in total. The molecule has 1 unspecified atom stereocenters. The van der Waals surface area contributed by atoms with E-state index < -0.39 is 10.0 Å². The van der Waals surface area contributed by atoms with Gasteiger partial charge in [-0.25, -0.2) is 12.7 Å². The van der Waals surface area contributed by atoms with Gasteiger partial charge in [0.05, 0.1) is 11.8 Å². The molecule has 1 aliphatic heterocycles. The van der Waals surface area contributed by atoms with E-state index in [0.717, 1.165) is 22.3 Å². The zero-order valence-corrected chi connectivity index (χ0v) is 19.1. The molecule has 0 spiro atoms. The van der Waals surface area contributed by atoms with E-state index in [9.17, 15) is 13.2 Å². The second kappa shape index (κ2) is 9.31. The van der Waals surface area contributed by atoms with Gasteiger partial charge in [0.25, 0.3) is 0 Å². The van der Waals surface area contributed by atoms with E-state index in [2.05, 4.69) is 30.4 Å². The van der Waals surface area contributed by atoms with Crippen molar-refractivity contribution in [2.75, 3.05) is 13.1 Å². The quantitative estimate of drug-likeness (QED) is 0.755. The Balaban J connectivity index is 1.56. The van der Waals surface area contributed by atoms with E-state index in [1.54, 1.807) is 0 Å². The molecule has 0 aromatic heterocycles. The highest BCUT2D eigenvalue weighted by atomic mass is 32.2. The van der Waals surface area contributed by atoms with Gasteiger partial charge >= 0.3 is 0 Å². The first-order valence-electron chi connectivity index (χ1n) is 10.6. The first kappa shape index (κ1) is 22.5. The minimum atomic E-state index is -3.38. The first-order chi connectivity index (χ1) is 14.2. The molecule has 2 aromatic carbocycles. The third kappa shape index (κ3) is 5.49. The average molecular weight is 429 g/mol. The zero-order valence-electron chi connectivity index (χ0n) is 18.3. The van der Waals surface area contributed by atoms with E-state index in [-0.39, 0.29) is 23.6 Å². The van der Waals surface area contributed by atoms with Crippen LogP contribution < -0.4 is 5.32 Å². The van der Waals surface area contributed by atoms with Crippen LogP contribution in [0.5, 0.6) is 0 Å². The summed E-state index contributed by atoms with van der Waals surface area (Å²) in [4.78, 5) is 12.8. The number of hydrogen-bond donors (Lipinski definition) is 1. The summed E-state index contributed by atoms with van der Waals surface area (Å²) in [7, 11) is -3.38. The molecule has 2 aromatic rings. The molecule has 0 saturated carbocycles. The Morgan fingerprint density at radius 3 is 2.40 bits per heavy atom. The third-order valence-corrected chi connectivity index (χ3v) is 7.76. The maximum Gasteiger partial charge on any atom is 0.223 e. The fourth-order valence-electron chi connectivity index (χ4n) is 4.14. The van der Waals surface area contributed by atoms with Crippen LogP contribution in [0.1, 0.15) is 53.6 Å². The van der Waals surface area contributed by atoms with Crippen LogP contribution in [0.4, 0.5) is 0 Å². The van der Waals surface area contributed by atoms with Gasteiger partial charge in [-0.1, -0.05) is 53.6 Å². The van der Waals surface area contributed by atoms with Crippen LogP contribution in [0.25, 0.3) is 0 Å². The number of hydrogen-bond acceptors (Lipinski definition) is 3. The van der Waals surface area contributed by atoms with Crippen molar-refractivity contribution in [3.05, 3.63) is 70.3 Å². The molecule has 1 aliphatic rings. The van der Waals surface area contributed by atoms with Gasteiger partial charge in [-0.15, -0.1) is 0 Å². The van der Waals surface area contributed by atoms with Crippen molar-refractivity contribution in [3.63, 3.8) is 0 Å². The highest BCUT2D eigenvalue weighted by Gasteiger charge is 2.31. The lowest BCUT2D eigenvalue weighted by atomic mass is 9.95. The highest BCUT2D eigenvalue weighted by molar-refractivity contribution is 7.88. The lowest BCUT2D eigenvalue weighted by Crippen LogP contribution is -2.43. The van der Waals surface area contributed by atoms with Crippen molar-refractivity contribution < 1.29 is 13.2 Å². The van der Waals surface area contributed by atoms with Crippen LogP contribution in [-0.2, 0) is 20.6 Å². The maximum atomic E-state index is 12.8. The van der Waals surface area contributed by atoms with Crippen molar-refractivity contribution >= 4 is 15.9 Å². The average Bonchev–Trinajstić information content (AvgIpc) is 2.69. The van der Waals surface area contributed by atoms with Gasteiger partial charge in [-0.3, -0.25) is 4.79 Å². The van der Waals surface area contributed by atoms with E-state index in [0.29, 0.717) is 25.9 Å². The number of carbonyl (C=O) groups is 1. The van der Waals surface area contributed by atoms with E-state index >= 15 is 0 Å². The molecule has 0 radical (unpaired) electrons. The second-order valence-electron chi connectivity index (χ2n) is 8.51. The number of amides is 1. The lowest BCUT2D eigenvalue weighted by Gasteiger charge is -2.31. The summed E-state index contributed by atoms with van der Waals surface area (Å²) in [6.45, 7) is 8.84. The highest BCUT2D eigenvalue weighted by Crippen LogP contribution is 2.24. The van der Waals surface area contributed by atoms with Gasteiger partial charge in [-0.2, -0.15) is 0 Å². The Kier molecular flexibility index (Phi) is 6.98. The summed E-state index contributed by atoms with van der Waals surface area (Å²) >= 11 is 0.